The predicted octanol–water partition coefficient (Wildman–Crippen LogP) is 4.80. The molecule has 1 unspecified atom stereocenters. The molecule has 1 N–H and O–H groups in total. The topological polar surface area (TPSA) is 80.8 Å². The molecule has 0 aliphatic carbocycles. The van der Waals surface area contributed by atoms with Gasteiger partial charge in [0.25, 0.3) is 5.91 Å². The van der Waals surface area contributed by atoms with Gasteiger partial charge in [0.15, 0.2) is 11.2 Å². The first-order valence-electron chi connectivity index (χ1n) is 11.9. The van der Waals surface area contributed by atoms with Crippen molar-refractivity contribution >= 4 is 28.3 Å². The molecular formula is C27H31N3O4S. The summed E-state index contributed by atoms with van der Waals surface area (Å²) in [5, 5.41) is 5.18. The van der Waals surface area contributed by atoms with Crippen LogP contribution in [0, 0.1) is 0 Å². The highest BCUT2D eigenvalue weighted by atomic mass is 32.1. The molecule has 0 saturated carbocycles. The van der Waals surface area contributed by atoms with Crippen LogP contribution < -0.4 is 5.32 Å². The summed E-state index contributed by atoms with van der Waals surface area (Å²) in [6.07, 6.45) is 1.15. The SMILES string of the molecule is CC(=O)OC(C)C(=O)Nc1nc(CN2CCC(OC(c3ccccc3)c3ccccc3)CC2)cs1. The van der Waals surface area contributed by atoms with Gasteiger partial charge in [0.1, 0.15) is 6.10 Å². The van der Waals surface area contributed by atoms with Crippen LogP contribution in [-0.4, -0.2) is 47.1 Å². The lowest BCUT2D eigenvalue weighted by Gasteiger charge is -2.34. The number of rotatable bonds is 9. The first-order valence-corrected chi connectivity index (χ1v) is 12.8. The number of amides is 1. The molecule has 1 amide bonds. The summed E-state index contributed by atoms with van der Waals surface area (Å²) in [7, 11) is 0. The largest absolute Gasteiger partial charge is 0.453 e. The Bertz CT molecular complexity index is 1060. The summed E-state index contributed by atoms with van der Waals surface area (Å²) in [4.78, 5) is 30.1. The predicted molar refractivity (Wildman–Crippen MR) is 136 cm³/mol. The van der Waals surface area contributed by atoms with E-state index in [0.29, 0.717) is 5.13 Å². The van der Waals surface area contributed by atoms with Gasteiger partial charge in [-0.25, -0.2) is 4.98 Å². The first kappa shape index (κ1) is 25.0. The molecule has 7 nitrogen and oxygen atoms in total. The van der Waals surface area contributed by atoms with Crippen LogP contribution in [0.3, 0.4) is 0 Å². The molecule has 1 aromatic heterocycles. The van der Waals surface area contributed by atoms with Crippen LogP contribution >= 0.6 is 11.3 Å². The number of carbonyl (C=O) groups excluding carboxylic acids is 2. The smallest absolute Gasteiger partial charge is 0.303 e. The second-order valence-electron chi connectivity index (χ2n) is 8.70. The summed E-state index contributed by atoms with van der Waals surface area (Å²) in [5.74, 6) is -0.871. The quantitative estimate of drug-likeness (QED) is 0.431. The number of benzene rings is 2. The average Bonchev–Trinajstić information content (AvgIpc) is 3.30. The Labute approximate surface area is 210 Å². The number of ether oxygens (including phenoxy) is 2. The summed E-state index contributed by atoms with van der Waals surface area (Å²) in [6.45, 7) is 5.38. The van der Waals surface area contributed by atoms with Gasteiger partial charge in [0.2, 0.25) is 0 Å². The number of likely N-dealkylation sites (tertiary alicyclic amines) is 1. The number of carbonyl (C=O) groups is 2. The molecule has 1 aliphatic heterocycles. The summed E-state index contributed by atoms with van der Waals surface area (Å²) in [5.41, 5.74) is 3.25. The van der Waals surface area contributed by atoms with E-state index in [9.17, 15) is 9.59 Å². The van der Waals surface area contributed by atoms with Crippen molar-refractivity contribution in [2.45, 2.75) is 51.5 Å². The molecule has 3 aromatic rings. The first-order chi connectivity index (χ1) is 17.0. The van der Waals surface area contributed by atoms with Crippen LogP contribution in [0.25, 0.3) is 0 Å². The minimum Gasteiger partial charge on any atom is -0.453 e. The molecular weight excluding hydrogens is 462 g/mol. The van der Waals surface area contributed by atoms with Crippen LogP contribution in [0.1, 0.15) is 49.6 Å². The van der Waals surface area contributed by atoms with Crippen LogP contribution in [-0.2, 0) is 25.6 Å². The number of hydrogen-bond donors (Lipinski definition) is 1. The van der Waals surface area contributed by atoms with Gasteiger partial charge in [-0.1, -0.05) is 60.7 Å². The Kier molecular flexibility index (Phi) is 8.63. The van der Waals surface area contributed by atoms with Crippen molar-refractivity contribution < 1.29 is 19.1 Å². The number of anilines is 1. The second kappa shape index (κ2) is 12.1. The normalized spacial score (nSPS) is 15.6. The Morgan fingerprint density at radius 3 is 2.23 bits per heavy atom. The van der Waals surface area contributed by atoms with E-state index in [1.165, 1.54) is 36.3 Å². The third-order valence-electron chi connectivity index (χ3n) is 5.95. The third kappa shape index (κ3) is 7.21. The number of nitrogens with one attached hydrogen (secondary N) is 1. The van der Waals surface area contributed by atoms with E-state index in [1.807, 2.05) is 17.5 Å². The van der Waals surface area contributed by atoms with E-state index >= 15 is 0 Å². The van der Waals surface area contributed by atoms with Crippen molar-refractivity contribution in [3.05, 3.63) is 82.9 Å². The molecule has 35 heavy (non-hydrogen) atoms. The van der Waals surface area contributed by atoms with Gasteiger partial charge >= 0.3 is 5.97 Å². The molecule has 4 rings (SSSR count). The van der Waals surface area contributed by atoms with Gasteiger partial charge in [-0.3, -0.25) is 19.8 Å². The number of esters is 1. The van der Waals surface area contributed by atoms with Gasteiger partial charge in [-0.15, -0.1) is 11.3 Å². The zero-order valence-electron chi connectivity index (χ0n) is 20.1. The van der Waals surface area contributed by atoms with Crippen LogP contribution in [0.2, 0.25) is 0 Å². The number of hydrogen-bond acceptors (Lipinski definition) is 7. The van der Waals surface area contributed by atoms with E-state index in [1.54, 1.807) is 0 Å². The minimum absolute atomic E-state index is 0.0759. The number of aromatic nitrogens is 1. The third-order valence-corrected chi connectivity index (χ3v) is 6.75. The van der Waals surface area contributed by atoms with Crippen molar-refractivity contribution in [1.29, 1.82) is 0 Å². The van der Waals surface area contributed by atoms with E-state index in [-0.39, 0.29) is 18.1 Å². The van der Waals surface area contributed by atoms with E-state index in [0.717, 1.165) is 38.2 Å². The average molecular weight is 494 g/mol. The molecule has 1 saturated heterocycles. The standard InChI is InChI=1S/C27H31N3O4S/c1-19(33-20(2)31)26(32)29-27-28-23(18-35-27)17-30-15-13-24(14-16-30)34-25(21-9-5-3-6-10-21)22-11-7-4-8-12-22/h3-12,18-19,24-25H,13-17H2,1-2H3,(H,28,29,32). The summed E-state index contributed by atoms with van der Waals surface area (Å²) >= 11 is 1.37. The highest BCUT2D eigenvalue weighted by Gasteiger charge is 2.25. The fourth-order valence-electron chi connectivity index (χ4n) is 4.18. The van der Waals surface area contributed by atoms with E-state index in [4.69, 9.17) is 9.47 Å². The second-order valence-corrected chi connectivity index (χ2v) is 9.56. The maximum Gasteiger partial charge on any atom is 0.303 e. The summed E-state index contributed by atoms with van der Waals surface area (Å²) < 4.78 is 11.5. The Balaban J connectivity index is 1.29. The van der Waals surface area contributed by atoms with Gasteiger partial charge < -0.3 is 9.47 Å². The lowest BCUT2D eigenvalue weighted by atomic mass is 10.00. The molecule has 0 spiro atoms. The van der Waals surface area contributed by atoms with Crippen molar-refractivity contribution in [3.8, 4) is 0 Å². The lowest BCUT2D eigenvalue weighted by molar-refractivity contribution is -0.150. The zero-order chi connectivity index (χ0) is 24.6. The van der Waals surface area contributed by atoms with Crippen molar-refractivity contribution in [2.75, 3.05) is 18.4 Å². The van der Waals surface area contributed by atoms with Gasteiger partial charge in [-0.2, -0.15) is 0 Å². The number of thiazole rings is 1. The molecule has 0 radical (unpaired) electrons. The molecule has 1 fully saturated rings. The Hall–Kier alpha value is -3.07. The van der Waals surface area contributed by atoms with Crippen molar-refractivity contribution in [2.24, 2.45) is 0 Å². The fraction of sp³-hybridized carbons (Fsp3) is 0.370. The molecule has 2 aromatic carbocycles. The molecule has 8 heteroatoms. The fourth-order valence-corrected chi connectivity index (χ4v) is 4.88. The molecule has 1 aliphatic rings. The molecule has 1 atom stereocenters. The van der Waals surface area contributed by atoms with E-state index in [2.05, 4.69) is 63.7 Å². The van der Waals surface area contributed by atoms with Crippen molar-refractivity contribution in [1.82, 2.24) is 9.88 Å². The number of nitrogens with zero attached hydrogens (tertiary/aromatic N) is 2. The van der Waals surface area contributed by atoms with Crippen LogP contribution in [0.4, 0.5) is 5.13 Å². The van der Waals surface area contributed by atoms with Crippen molar-refractivity contribution in [3.63, 3.8) is 0 Å². The Morgan fingerprint density at radius 2 is 1.66 bits per heavy atom. The lowest BCUT2D eigenvalue weighted by Crippen LogP contribution is -2.37. The minimum atomic E-state index is -0.852. The van der Waals surface area contributed by atoms with Crippen LogP contribution in [0.15, 0.2) is 66.0 Å². The van der Waals surface area contributed by atoms with Gasteiger partial charge in [-0.05, 0) is 30.9 Å². The van der Waals surface area contributed by atoms with Crippen LogP contribution in [0.5, 0.6) is 0 Å². The number of piperidine rings is 1. The maximum absolute atomic E-state index is 12.1. The highest BCUT2D eigenvalue weighted by Crippen LogP contribution is 2.30. The molecule has 184 valence electrons. The molecule has 0 bridgehead atoms. The monoisotopic (exact) mass is 493 g/mol. The Morgan fingerprint density at radius 1 is 1.06 bits per heavy atom. The summed E-state index contributed by atoms with van der Waals surface area (Å²) in [6, 6.07) is 20.8. The highest BCUT2D eigenvalue weighted by molar-refractivity contribution is 7.13. The zero-order valence-corrected chi connectivity index (χ0v) is 20.9. The van der Waals surface area contributed by atoms with E-state index < -0.39 is 12.1 Å². The van der Waals surface area contributed by atoms with Gasteiger partial charge in [0, 0.05) is 31.9 Å². The molecule has 2 heterocycles. The van der Waals surface area contributed by atoms with Gasteiger partial charge in [0.05, 0.1) is 11.8 Å². The maximum atomic E-state index is 12.1.